The molecule has 0 spiro atoms. The molecule has 192 valence electrons. The monoisotopic (exact) mass is 505 g/mol. The number of fused-ring (bicyclic) bond motifs is 3. The van der Waals surface area contributed by atoms with Crippen LogP contribution in [0, 0.1) is 23.0 Å². The fourth-order valence-corrected chi connectivity index (χ4v) is 4.71. The number of carbonyl (C=O) groups excluding carboxylic acids is 3. The van der Waals surface area contributed by atoms with E-state index in [1.165, 1.54) is 4.90 Å². The van der Waals surface area contributed by atoms with E-state index in [4.69, 9.17) is 0 Å². The Labute approximate surface area is 214 Å². The smallest absolute Gasteiger partial charge is 0.253 e. The van der Waals surface area contributed by atoms with E-state index in [1.54, 1.807) is 40.0 Å². The molecular formula is C29H29F2N3O3. The van der Waals surface area contributed by atoms with Gasteiger partial charge in [-0.3, -0.25) is 14.4 Å². The molecule has 0 saturated heterocycles. The highest BCUT2D eigenvalue weighted by Crippen LogP contribution is 2.40. The molecule has 0 bridgehead atoms. The minimum absolute atomic E-state index is 0.156. The number of amides is 3. The molecule has 0 saturated carbocycles. The zero-order valence-electron chi connectivity index (χ0n) is 21.1. The second-order valence-electron chi connectivity index (χ2n) is 10.2. The lowest BCUT2D eigenvalue weighted by atomic mass is 9.79. The van der Waals surface area contributed by atoms with Crippen LogP contribution in [0.5, 0.6) is 0 Å². The Balaban J connectivity index is 1.62. The van der Waals surface area contributed by atoms with Gasteiger partial charge in [0.05, 0.1) is 5.69 Å². The topological polar surface area (TPSA) is 78.5 Å². The van der Waals surface area contributed by atoms with Crippen LogP contribution in [0.3, 0.4) is 0 Å². The van der Waals surface area contributed by atoms with Crippen LogP contribution in [0.1, 0.15) is 37.9 Å². The van der Waals surface area contributed by atoms with Gasteiger partial charge in [0.2, 0.25) is 11.8 Å². The third kappa shape index (κ3) is 5.38. The molecule has 37 heavy (non-hydrogen) atoms. The minimum atomic E-state index is -1.18. The highest BCUT2D eigenvalue weighted by molar-refractivity contribution is 6.08. The Hall–Kier alpha value is -4.07. The van der Waals surface area contributed by atoms with Crippen LogP contribution in [-0.2, 0) is 20.9 Å². The van der Waals surface area contributed by atoms with Gasteiger partial charge in [-0.15, -0.1) is 0 Å². The number of hydrogen-bond donors (Lipinski definition) is 2. The van der Waals surface area contributed by atoms with E-state index in [0.29, 0.717) is 11.3 Å². The maximum Gasteiger partial charge on any atom is 0.253 e. The fraction of sp³-hybridized carbons (Fsp3) is 0.276. The van der Waals surface area contributed by atoms with E-state index in [2.05, 4.69) is 10.6 Å². The van der Waals surface area contributed by atoms with Gasteiger partial charge in [-0.2, -0.15) is 0 Å². The molecule has 0 fully saturated rings. The van der Waals surface area contributed by atoms with Crippen molar-refractivity contribution in [3.05, 3.63) is 89.5 Å². The molecule has 2 unspecified atom stereocenters. The summed E-state index contributed by atoms with van der Waals surface area (Å²) in [5.74, 6) is -4.27. The van der Waals surface area contributed by atoms with Gasteiger partial charge in [0.25, 0.3) is 5.91 Å². The normalized spacial score (nSPS) is 15.8. The molecule has 2 N–H and O–H groups in total. The summed E-state index contributed by atoms with van der Waals surface area (Å²) in [5, 5.41) is 5.44. The standard InChI is InChI=1S/C29H29F2N3O3/c1-29(2,3)24(26(35)32-16-17-13-18(30)15-19(31)14-17)27(36)33-25-22-11-6-5-9-20(22)21-10-7-8-12-23(21)34(4)28(25)37/h5-15,24-25H,16H2,1-4H3,(H,32,35)(H,33,36). The molecular weight excluding hydrogens is 476 g/mol. The van der Waals surface area contributed by atoms with Crippen molar-refractivity contribution in [3.8, 4) is 11.1 Å². The summed E-state index contributed by atoms with van der Waals surface area (Å²) in [6, 6.07) is 16.8. The first-order valence-corrected chi connectivity index (χ1v) is 12.0. The average molecular weight is 506 g/mol. The van der Waals surface area contributed by atoms with Crippen LogP contribution in [0.4, 0.5) is 14.5 Å². The van der Waals surface area contributed by atoms with Crippen molar-refractivity contribution < 1.29 is 23.2 Å². The summed E-state index contributed by atoms with van der Waals surface area (Å²) < 4.78 is 27.1. The summed E-state index contributed by atoms with van der Waals surface area (Å²) in [4.78, 5) is 41.9. The summed E-state index contributed by atoms with van der Waals surface area (Å²) in [5.41, 5.74) is 2.42. The minimum Gasteiger partial charge on any atom is -0.351 e. The van der Waals surface area contributed by atoms with Crippen molar-refractivity contribution in [1.29, 1.82) is 0 Å². The predicted molar refractivity (Wildman–Crippen MR) is 137 cm³/mol. The number of nitrogens with zero attached hydrogens (tertiary/aromatic N) is 1. The molecule has 8 heteroatoms. The second kappa shape index (κ2) is 10.1. The Bertz CT molecular complexity index is 1350. The van der Waals surface area contributed by atoms with E-state index < -0.39 is 40.8 Å². The van der Waals surface area contributed by atoms with Gasteiger partial charge in [0.1, 0.15) is 23.6 Å². The molecule has 2 atom stereocenters. The third-order valence-corrected chi connectivity index (χ3v) is 6.47. The van der Waals surface area contributed by atoms with Crippen LogP contribution in [0.25, 0.3) is 11.1 Å². The summed E-state index contributed by atoms with van der Waals surface area (Å²) in [6.07, 6.45) is 0. The van der Waals surface area contributed by atoms with Crippen LogP contribution in [-0.4, -0.2) is 24.8 Å². The van der Waals surface area contributed by atoms with Crippen molar-refractivity contribution >= 4 is 23.4 Å². The second-order valence-corrected chi connectivity index (χ2v) is 10.2. The molecule has 3 aromatic rings. The Morgan fingerprint density at radius 1 is 0.919 bits per heavy atom. The van der Waals surface area contributed by atoms with Gasteiger partial charge in [0, 0.05) is 25.2 Å². The number of likely N-dealkylation sites (N-methyl/N-ethyl adjacent to an activating group) is 1. The Morgan fingerprint density at radius 2 is 1.51 bits per heavy atom. The van der Waals surface area contributed by atoms with Crippen molar-refractivity contribution in [2.45, 2.75) is 33.4 Å². The number of anilines is 1. The Kier molecular flexibility index (Phi) is 7.12. The lowest BCUT2D eigenvalue weighted by molar-refractivity contribution is -0.141. The number of hydrogen-bond acceptors (Lipinski definition) is 3. The quantitative estimate of drug-likeness (QED) is 0.492. The van der Waals surface area contributed by atoms with Gasteiger partial charge in [0.15, 0.2) is 0 Å². The van der Waals surface area contributed by atoms with Crippen molar-refractivity contribution in [2.24, 2.45) is 11.3 Å². The van der Waals surface area contributed by atoms with Crippen LogP contribution >= 0.6 is 0 Å². The van der Waals surface area contributed by atoms with Gasteiger partial charge in [-0.25, -0.2) is 8.78 Å². The lowest BCUT2D eigenvalue weighted by Gasteiger charge is -2.31. The predicted octanol–water partition coefficient (Wildman–Crippen LogP) is 4.74. The fourth-order valence-electron chi connectivity index (χ4n) is 4.71. The largest absolute Gasteiger partial charge is 0.351 e. The number of rotatable bonds is 5. The maximum atomic E-state index is 13.6. The number of nitrogens with one attached hydrogen (secondary N) is 2. The first kappa shape index (κ1) is 26.0. The molecule has 1 aliphatic heterocycles. The highest BCUT2D eigenvalue weighted by Gasteiger charge is 2.41. The number of benzene rings is 3. The first-order chi connectivity index (χ1) is 17.5. The van der Waals surface area contributed by atoms with Gasteiger partial charge >= 0.3 is 0 Å². The highest BCUT2D eigenvalue weighted by atomic mass is 19.1. The van der Waals surface area contributed by atoms with E-state index in [9.17, 15) is 23.2 Å². The van der Waals surface area contributed by atoms with Crippen LogP contribution in [0.2, 0.25) is 0 Å². The van der Waals surface area contributed by atoms with Crippen molar-refractivity contribution in [3.63, 3.8) is 0 Å². The Morgan fingerprint density at radius 3 is 2.16 bits per heavy atom. The molecule has 3 amide bonds. The van der Waals surface area contributed by atoms with E-state index >= 15 is 0 Å². The molecule has 1 aliphatic rings. The first-order valence-electron chi connectivity index (χ1n) is 12.0. The molecule has 4 rings (SSSR count). The van der Waals surface area contributed by atoms with Crippen molar-refractivity contribution in [2.75, 3.05) is 11.9 Å². The number of para-hydroxylation sites is 1. The van der Waals surface area contributed by atoms with E-state index in [0.717, 1.165) is 29.3 Å². The number of halogens is 2. The molecule has 0 aromatic heterocycles. The van der Waals surface area contributed by atoms with Crippen LogP contribution in [0.15, 0.2) is 66.7 Å². The summed E-state index contributed by atoms with van der Waals surface area (Å²) in [7, 11) is 1.65. The zero-order valence-corrected chi connectivity index (χ0v) is 21.1. The average Bonchev–Trinajstić information content (AvgIpc) is 2.91. The summed E-state index contributed by atoms with van der Waals surface area (Å²) in [6.45, 7) is 5.06. The molecule has 3 aromatic carbocycles. The van der Waals surface area contributed by atoms with Gasteiger partial charge in [-0.05, 0) is 40.3 Å². The summed E-state index contributed by atoms with van der Waals surface area (Å²) >= 11 is 0. The zero-order chi connectivity index (χ0) is 26.9. The van der Waals surface area contributed by atoms with E-state index in [1.807, 2.05) is 36.4 Å². The van der Waals surface area contributed by atoms with Crippen LogP contribution < -0.4 is 15.5 Å². The van der Waals surface area contributed by atoms with E-state index in [-0.39, 0.29) is 18.0 Å². The van der Waals surface area contributed by atoms with Gasteiger partial charge < -0.3 is 15.5 Å². The molecule has 0 radical (unpaired) electrons. The number of carbonyl (C=O) groups is 3. The third-order valence-electron chi connectivity index (χ3n) is 6.47. The van der Waals surface area contributed by atoms with Crippen molar-refractivity contribution in [1.82, 2.24) is 10.6 Å². The lowest BCUT2D eigenvalue weighted by Crippen LogP contribution is -2.50. The molecule has 0 aliphatic carbocycles. The maximum absolute atomic E-state index is 13.6. The SMILES string of the molecule is CN1C(=O)C(NC(=O)C(C(=O)NCc2cc(F)cc(F)c2)C(C)(C)C)c2ccccc2-c2ccccc21. The molecule has 6 nitrogen and oxygen atoms in total. The van der Waals surface area contributed by atoms with Gasteiger partial charge in [-0.1, -0.05) is 63.2 Å². The molecule has 1 heterocycles.